The lowest BCUT2D eigenvalue weighted by molar-refractivity contribution is -0.138. The van der Waals surface area contributed by atoms with Crippen molar-refractivity contribution in [2.24, 2.45) is 7.05 Å². The van der Waals surface area contributed by atoms with Crippen molar-refractivity contribution in [2.75, 3.05) is 6.54 Å². The highest BCUT2D eigenvalue weighted by Crippen LogP contribution is 2.09. The number of nitrogens with zero attached hydrogens (tertiary/aromatic N) is 4. The van der Waals surface area contributed by atoms with E-state index < -0.39 is 11.9 Å². The standard InChI is InChI=1S/C10H16N4O3/c1-6(2)14(5-8(15)16)10(17)9-7(3)13(4)12-11-9/h6H,5H2,1-4H3,(H,15,16). The van der Waals surface area contributed by atoms with Crippen LogP contribution in [0.3, 0.4) is 0 Å². The minimum atomic E-state index is -1.05. The number of carboxylic acid groups (broad SMARTS) is 1. The molecule has 0 saturated carbocycles. The largest absolute Gasteiger partial charge is 0.480 e. The van der Waals surface area contributed by atoms with Crippen LogP contribution in [0.1, 0.15) is 30.0 Å². The van der Waals surface area contributed by atoms with Crippen LogP contribution in [-0.4, -0.2) is 49.5 Å². The lowest BCUT2D eigenvalue weighted by Crippen LogP contribution is -2.41. The fourth-order valence-corrected chi connectivity index (χ4v) is 1.37. The Hall–Kier alpha value is -1.92. The molecule has 7 heteroatoms. The average Bonchev–Trinajstić information content (AvgIpc) is 2.55. The maximum atomic E-state index is 12.1. The van der Waals surface area contributed by atoms with Crippen LogP contribution in [0.25, 0.3) is 0 Å². The summed E-state index contributed by atoms with van der Waals surface area (Å²) in [5.41, 5.74) is 0.813. The predicted molar refractivity (Wildman–Crippen MR) is 59.5 cm³/mol. The van der Waals surface area contributed by atoms with Crippen molar-refractivity contribution in [3.05, 3.63) is 11.4 Å². The molecule has 0 unspecified atom stereocenters. The number of carboxylic acids is 1. The van der Waals surface area contributed by atoms with Crippen LogP contribution in [0.4, 0.5) is 0 Å². The Bertz CT molecular complexity index is 439. The highest BCUT2D eigenvalue weighted by molar-refractivity contribution is 5.95. The first kappa shape index (κ1) is 13.1. The third kappa shape index (κ3) is 2.80. The van der Waals surface area contributed by atoms with Crippen LogP contribution in [-0.2, 0) is 11.8 Å². The lowest BCUT2D eigenvalue weighted by atomic mass is 10.2. The van der Waals surface area contributed by atoms with Crippen molar-refractivity contribution < 1.29 is 14.7 Å². The van der Waals surface area contributed by atoms with Gasteiger partial charge in [-0.25, -0.2) is 0 Å². The molecule has 1 aromatic heterocycles. The van der Waals surface area contributed by atoms with Crippen molar-refractivity contribution in [3.8, 4) is 0 Å². The highest BCUT2D eigenvalue weighted by atomic mass is 16.4. The number of amides is 1. The first-order chi connectivity index (χ1) is 7.84. The van der Waals surface area contributed by atoms with E-state index in [1.54, 1.807) is 27.8 Å². The molecule has 1 N–H and O–H groups in total. The van der Waals surface area contributed by atoms with E-state index in [2.05, 4.69) is 10.3 Å². The molecule has 1 heterocycles. The summed E-state index contributed by atoms with van der Waals surface area (Å²) in [4.78, 5) is 24.1. The van der Waals surface area contributed by atoms with Crippen molar-refractivity contribution in [3.63, 3.8) is 0 Å². The molecular formula is C10H16N4O3. The summed E-state index contributed by atoms with van der Waals surface area (Å²) >= 11 is 0. The van der Waals surface area contributed by atoms with Gasteiger partial charge in [-0.05, 0) is 20.8 Å². The van der Waals surface area contributed by atoms with E-state index in [0.29, 0.717) is 5.69 Å². The van der Waals surface area contributed by atoms with Gasteiger partial charge >= 0.3 is 5.97 Å². The van der Waals surface area contributed by atoms with E-state index in [0.717, 1.165) is 0 Å². The van der Waals surface area contributed by atoms with E-state index in [4.69, 9.17) is 5.11 Å². The molecule has 0 aliphatic rings. The van der Waals surface area contributed by atoms with Gasteiger partial charge in [0.15, 0.2) is 5.69 Å². The van der Waals surface area contributed by atoms with Crippen LogP contribution in [0.15, 0.2) is 0 Å². The number of hydrogen-bond donors (Lipinski definition) is 1. The molecule has 0 radical (unpaired) electrons. The molecule has 17 heavy (non-hydrogen) atoms. The van der Waals surface area contributed by atoms with Crippen LogP contribution in [0, 0.1) is 6.92 Å². The summed E-state index contributed by atoms with van der Waals surface area (Å²) in [6, 6.07) is -0.208. The quantitative estimate of drug-likeness (QED) is 0.803. The first-order valence-electron chi connectivity index (χ1n) is 5.23. The Morgan fingerprint density at radius 3 is 2.41 bits per heavy atom. The zero-order valence-electron chi connectivity index (χ0n) is 10.3. The highest BCUT2D eigenvalue weighted by Gasteiger charge is 2.25. The second-order valence-corrected chi connectivity index (χ2v) is 4.07. The van der Waals surface area contributed by atoms with Gasteiger partial charge in [-0.3, -0.25) is 14.3 Å². The third-order valence-electron chi connectivity index (χ3n) is 2.50. The fraction of sp³-hybridized carbons (Fsp3) is 0.600. The topological polar surface area (TPSA) is 88.3 Å². The SMILES string of the molecule is Cc1c(C(=O)N(CC(=O)O)C(C)C)nnn1C. The molecule has 1 aromatic rings. The molecule has 0 aliphatic heterocycles. The van der Waals surface area contributed by atoms with E-state index in [-0.39, 0.29) is 18.3 Å². The van der Waals surface area contributed by atoms with E-state index in [9.17, 15) is 9.59 Å². The number of carbonyl (C=O) groups is 2. The number of aliphatic carboxylic acids is 1. The van der Waals surface area contributed by atoms with Gasteiger partial charge in [-0.2, -0.15) is 0 Å². The van der Waals surface area contributed by atoms with E-state index >= 15 is 0 Å². The third-order valence-corrected chi connectivity index (χ3v) is 2.50. The maximum absolute atomic E-state index is 12.1. The van der Waals surface area contributed by atoms with Crippen LogP contribution in [0.2, 0.25) is 0 Å². The Labute approximate surface area is 99.0 Å². The predicted octanol–water partition coefficient (Wildman–Crippen LogP) is 0.0587. The van der Waals surface area contributed by atoms with Crippen molar-refractivity contribution in [1.29, 1.82) is 0 Å². The summed E-state index contributed by atoms with van der Waals surface area (Å²) < 4.78 is 1.48. The molecule has 1 amide bonds. The second kappa shape index (κ2) is 4.94. The van der Waals surface area contributed by atoms with Crippen molar-refractivity contribution in [1.82, 2.24) is 19.9 Å². The monoisotopic (exact) mass is 240 g/mol. The average molecular weight is 240 g/mol. The Balaban J connectivity index is 3.00. The summed E-state index contributed by atoms with van der Waals surface area (Å²) in [5.74, 6) is -1.46. The molecule has 1 rings (SSSR count). The molecule has 0 aromatic carbocycles. The van der Waals surface area contributed by atoms with Gasteiger partial charge in [0.2, 0.25) is 0 Å². The Morgan fingerprint density at radius 1 is 1.47 bits per heavy atom. The number of carbonyl (C=O) groups excluding carboxylic acids is 1. The zero-order valence-corrected chi connectivity index (χ0v) is 10.3. The molecule has 94 valence electrons. The smallest absolute Gasteiger partial charge is 0.323 e. The minimum absolute atomic E-state index is 0.197. The fourth-order valence-electron chi connectivity index (χ4n) is 1.37. The van der Waals surface area contributed by atoms with E-state index in [1.165, 1.54) is 9.58 Å². The number of rotatable bonds is 4. The molecule has 0 aliphatic carbocycles. The molecule has 0 atom stereocenters. The summed E-state index contributed by atoms with van der Waals surface area (Å²) in [6.07, 6.45) is 0. The van der Waals surface area contributed by atoms with Gasteiger partial charge in [0.25, 0.3) is 5.91 Å². The van der Waals surface area contributed by atoms with Gasteiger partial charge < -0.3 is 10.0 Å². The summed E-state index contributed by atoms with van der Waals surface area (Å²) in [6.45, 7) is 4.89. The Kier molecular flexibility index (Phi) is 3.82. The van der Waals surface area contributed by atoms with Gasteiger partial charge in [0.05, 0.1) is 5.69 Å². The minimum Gasteiger partial charge on any atom is -0.480 e. The molecule has 0 saturated heterocycles. The van der Waals surface area contributed by atoms with Crippen LogP contribution in [0.5, 0.6) is 0 Å². The number of hydrogen-bond acceptors (Lipinski definition) is 4. The van der Waals surface area contributed by atoms with Crippen molar-refractivity contribution >= 4 is 11.9 Å². The van der Waals surface area contributed by atoms with Crippen LogP contribution >= 0.6 is 0 Å². The Morgan fingerprint density at radius 2 is 2.06 bits per heavy atom. The molecule has 0 fully saturated rings. The zero-order chi connectivity index (χ0) is 13.2. The number of aromatic nitrogens is 3. The van der Waals surface area contributed by atoms with Crippen molar-refractivity contribution in [2.45, 2.75) is 26.8 Å². The van der Waals surface area contributed by atoms with Crippen LogP contribution < -0.4 is 0 Å². The first-order valence-corrected chi connectivity index (χ1v) is 5.23. The second-order valence-electron chi connectivity index (χ2n) is 4.07. The molecule has 0 spiro atoms. The molecular weight excluding hydrogens is 224 g/mol. The van der Waals surface area contributed by atoms with Gasteiger partial charge in [0, 0.05) is 13.1 Å². The van der Waals surface area contributed by atoms with E-state index in [1.807, 2.05) is 0 Å². The van der Waals surface area contributed by atoms with Gasteiger partial charge in [0.1, 0.15) is 6.54 Å². The summed E-state index contributed by atoms with van der Waals surface area (Å²) in [7, 11) is 1.68. The lowest BCUT2D eigenvalue weighted by Gasteiger charge is -2.23. The normalized spacial score (nSPS) is 10.6. The summed E-state index contributed by atoms with van der Waals surface area (Å²) in [5, 5.41) is 16.3. The van der Waals surface area contributed by atoms with Gasteiger partial charge in [-0.15, -0.1) is 5.10 Å². The molecule has 0 bridgehead atoms. The number of aryl methyl sites for hydroxylation is 1. The van der Waals surface area contributed by atoms with Gasteiger partial charge in [-0.1, -0.05) is 5.21 Å². The molecule has 7 nitrogen and oxygen atoms in total. The maximum Gasteiger partial charge on any atom is 0.323 e.